The quantitative estimate of drug-likeness (QED) is 0.920. The van der Waals surface area contributed by atoms with Crippen LogP contribution in [0.2, 0.25) is 0 Å². The number of aromatic nitrogens is 4. The van der Waals surface area contributed by atoms with Crippen molar-refractivity contribution in [1.82, 2.24) is 29.9 Å². The number of hydrogen-bond acceptors (Lipinski definition) is 6. The number of nitrogens with one attached hydrogen (secondary N) is 1. The fourth-order valence-corrected chi connectivity index (χ4v) is 2.69. The van der Waals surface area contributed by atoms with Crippen molar-refractivity contribution in [3.63, 3.8) is 0 Å². The van der Waals surface area contributed by atoms with E-state index >= 15 is 0 Å². The Balaban J connectivity index is 1.77. The largest absolute Gasteiger partial charge is 0.339 e. The molecule has 1 N–H and O–H groups in total. The second kappa shape index (κ2) is 5.81. The molecule has 1 fully saturated rings. The Labute approximate surface area is 130 Å². The minimum absolute atomic E-state index is 0.117. The molecule has 0 amide bonds. The number of piperazine rings is 1. The summed E-state index contributed by atoms with van der Waals surface area (Å²) in [5, 5.41) is 7.58. The maximum Gasteiger partial charge on any atom is 0.232 e. The van der Waals surface area contributed by atoms with Crippen molar-refractivity contribution in [2.75, 3.05) is 19.6 Å². The van der Waals surface area contributed by atoms with Crippen LogP contribution in [0.5, 0.6) is 0 Å². The van der Waals surface area contributed by atoms with Crippen LogP contribution in [0.4, 0.5) is 0 Å². The highest BCUT2D eigenvalue weighted by Crippen LogP contribution is 2.24. The Morgan fingerprint density at radius 1 is 1.41 bits per heavy atom. The lowest BCUT2D eigenvalue weighted by Crippen LogP contribution is -2.46. The Bertz CT molecular complexity index is 626. The van der Waals surface area contributed by atoms with Crippen molar-refractivity contribution in [2.24, 2.45) is 7.05 Å². The zero-order valence-corrected chi connectivity index (χ0v) is 13.7. The molecule has 0 aromatic carbocycles. The molecule has 1 saturated heterocycles. The van der Waals surface area contributed by atoms with Crippen molar-refractivity contribution in [1.29, 1.82) is 0 Å². The van der Waals surface area contributed by atoms with E-state index in [2.05, 4.69) is 50.7 Å². The molecule has 7 heteroatoms. The van der Waals surface area contributed by atoms with E-state index in [1.165, 1.54) is 0 Å². The second-order valence-corrected chi connectivity index (χ2v) is 6.85. The summed E-state index contributed by atoms with van der Waals surface area (Å²) in [4.78, 5) is 11.4. The monoisotopic (exact) mass is 304 g/mol. The summed E-state index contributed by atoms with van der Waals surface area (Å²) in [5.74, 6) is 2.49. The van der Waals surface area contributed by atoms with Crippen LogP contribution in [0.25, 0.3) is 0 Å². The van der Waals surface area contributed by atoms with Crippen LogP contribution < -0.4 is 5.32 Å². The number of rotatable bonds is 3. The van der Waals surface area contributed by atoms with Gasteiger partial charge in [-0.2, -0.15) is 4.98 Å². The lowest BCUT2D eigenvalue weighted by molar-refractivity contribution is 0.139. The van der Waals surface area contributed by atoms with Gasteiger partial charge in [-0.05, 0) is 0 Å². The smallest absolute Gasteiger partial charge is 0.232 e. The van der Waals surface area contributed by atoms with Gasteiger partial charge in [-0.1, -0.05) is 25.9 Å². The minimum atomic E-state index is -0.117. The summed E-state index contributed by atoms with van der Waals surface area (Å²) in [7, 11) is 2.03. The van der Waals surface area contributed by atoms with E-state index in [4.69, 9.17) is 4.52 Å². The van der Waals surface area contributed by atoms with E-state index in [1.54, 1.807) is 0 Å². The molecule has 1 aliphatic heterocycles. The molecule has 3 heterocycles. The van der Waals surface area contributed by atoms with E-state index < -0.39 is 0 Å². The molecule has 3 rings (SSSR count). The van der Waals surface area contributed by atoms with Crippen LogP contribution in [0.3, 0.4) is 0 Å². The molecule has 0 aliphatic carbocycles. The summed E-state index contributed by atoms with van der Waals surface area (Å²) >= 11 is 0. The van der Waals surface area contributed by atoms with E-state index in [9.17, 15) is 0 Å². The third-order valence-electron chi connectivity index (χ3n) is 3.96. The fraction of sp³-hybridized carbons (Fsp3) is 0.667. The highest BCUT2D eigenvalue weighted by Gasteiger charge is 2.29. The molecule has 0 saturated carbocycles. The van der Waals surface area contributed by atoms with E-state index in [0.717, 1.165) is 31.3 Å². The first-order chi connectivity index (χ1) is 10.4. The normalized spacial score (nSPS) is 20.5. The molecule has 0 bridgehead atoms. The van der Waals surface area contributed by atoms with Gasteiger partial charge in [0.05, 0.1) is 12.6 Å². The Morgan fingerprint density at radius 2 is 2.23 bits per heavy atom. The van der Waals surface area contributed by atoms with Crippen LogP contribution in [-0.4, -0.2) is 44.2 Å². The lowest BCUT2D eigenvalue weighted by Gasteiger charge is -2.34. The summed E-state index contributed by atoms with van der Waals surface area (Å²) in [6.45, 7) is 9.69. The van der Waals surface area contributed by atoms with Gasteiger partial charge < -0.3 is 14.4 Å². The van der Waals surface area contributed by atoms with Gasteiger partial charge in [0.15, 0.2) is 5.82 Å². The van der Waals surface area contributed by atoms with Gasteiger partial charge in [0.1, 0.15) is 5.82 Å². The van der Waals surface area contributed by atoms with E-state index in [1.807, 2.05) is 19.4 Å². The van der Waals surface area contributed by atoms with Crippen LogP contribution in [0.1, 0.15) is 44.4 Å². The average Bonchev–Trinajstić information content (AvgIpc) is 3.08. The SMILES string of the molecule is Cn1ccnc1C1CNCCN1Cc1noc(C(C)(C)C)n1. The number of hydrogen-bond donors (Lipinski definition) is 1. The molecule has 0 radical (unpaired) electrons. The Hall–Kier alpha value is -1.73. The fourth-order valence-electron chi connectivity index (χ4n) is 2.69. The third-order valence-corrected chi connectivity index (χ3v) is 3.96. The molecular weight excluding hydrogens is 280 g/mol. The Kier molecular flexibility index (Phi) is 4.01. The summed E-state index contributed by atoms with van der Waals surface area (Å²) in [6, 6.07) is 0.227. The van der Waals surface area contributed by atoms with Crippen molar-refractivity contribution in [3.05, 3.63) is 29.9 Å². The number of nitrogens with zero attached hydrogens (tertiary/aromatic N) is 5. The van der Waals surface area contributed by atoms with E-state index in [0.29, 0.717) is 12.4 Å². The first kappa shape index (κ1) is 15.2. The van der Waals surface area contributed by atoms with Gasteiger partial charge in [0.2, 0.25) is 5.89 Å². The van der Waals surface area contributed by atoms with Crippen LogP contribution in [-0.2, 0) is 19.0 Å². The molecule has 1 aliphatic rings. The first-order valence-corrected chi connectivity index (χ1v) is 7.70. The van der Waals surface area contributed by atoms with Crippen molar-refractivity contribution in [2.45, 2.75) is 38.8 Å². The maximum atomic E-state index is 5.40. The molecule has 22 heavy (non-hydrogen) atoms. The molecule has 120 valence electrons. The van der Waals surface area contributed by atoms with Gasteiger partial charge >= 0.3 is 0 Å². The van der Waals surface area contributed by atoms with Gasteiger partial charge in [0, 0.05) is 44.5 Å². The summed E-state index contributed by atoms with van der Waals surface area (Å²) in [6.07, 6.45) is 3.82. The molecule has 2 aromatic heterocycles. The predicted molar refractivity (Wildman–Crippen MR) is 82.2 cm³/mol. The second-order valence-electron chi connectivity index (χ2n) is 6.85. The minimum Gasteiger partial charge on any atom is -0.339 e. The first-order valence-electron chi connectivity index (χ1n) is 7.70. The van der Waals surface area contributed by atoms with Crippen LogP contribution in [0.15, 0.2) is 16.9 Å². The number of aryl methyl sites for hydroxylation is 1. The van der Waals surface area contributed by atoms with Crippen molar-refractivity contribution in [3.8, 4) is 0 Å². The third kappa shape index (κ3) is 3.05. The summed E-state index contributed by atoms with van der Waals surface area (Å²) in [5.41, 5.74) is -0.117. The molecule has 2 aromatic rings. The zero-order chi connectivity index (χ0) is 15.7. The van der Waals surface area contributed by atoms with Gasteiger partial charge in [0.25, 0.3) is 0 Å². The van der Waals surface area contributed by atoms with Crippen LogP contribution >= 0.6 is 0 Å². The van der Waals surface area contributed by atoms with Crippen LogP contribution in [0, 0.1) is 0 Å². The molecule has 7 nitrogen and oxygen atoms in total. The number of imidazole rings is 1. The van der Waals surface area contributed by atoms with Gasteiger partial charge in [-0.3, -0.25) is 4.90 Å². The highest BCUT2D eigenvalue weighted by atomic mass is 16.5. The predicted octanol–water partition coefficient (Wildman–Crippen LogP) is 1.25. The van der Waals surface area contributed by atoms with E-state index in [-0.39, 0.29) is 11.5 Å². The average molecular weight is 304 g/mol. The molecular formula is C15H24N6O. The lowest BCUT2D eigenvalue weighted by atomic mass is 9.97. The highest BCUT2D eigenvalue weighted by molar-refractivity contribution is 5.04. The summed E-state index contributed by atoms with van der Waals surface area (Å²) < 4.78 is 7.47. The van der Waals surface area contributed by atoms with Gasteiger partial charge in [-0.15, -0.1) is 0 Å². The van der Waals surface area contributed by atoms with Gasteiger partial charge in [-0.25, -0.2) is 4.98 Å². The zero-order valence-electron chi connectivity index (χ0n) is 13.7. The van der Waals surface area contributed by atoms with Crippen molar-refractivity contribution >= 4 is 0 Å². The molecule has 1 unspecified atom stereocenters. The van der Waals surface area contributed by atoms with Crippen molar-refractivity contribution < 1.29 is 4.52 Å². The Morgan fingerprint density at radius 3 is 2.86 bits per heavy atom. The maximum absolute atomic E-state index is 5.40. The molecule has 1 atom stereocenters. The molecule has 0 spiro atoms. The topological polar surface area (TPSA) is 72.0 Å². The standard InChI is InChI=1S/C15H24N6O/c1-15(2,3)14-18-12(19-22-14)10-21-8-5-16-9-11(21)13-17-6-7-20(13)4/h6-7,11,16H,5,8-10H2,1-4H3.